The normalized spacial score (nSPS) is 17.3. The van der Waals surface area contributed by atoms with Crippen molar-refractivity contribution in [3.63, 3.8) is 0 Å². The van der Waals surface area contributed by atoms with Crippen molar-refractivity contribution in [2.24, 2.45) is 0 Å². The first-order chi connectivity index (χ1) is 12.6. The van der Waals surface area contributed by atoms with Gasteiger partial charge in [0.25, 0.3) is 0 Å². The maximum Gasteiger partial charge on any atom is 0.246 e. The summed E-state index contributed by atoms with van der Waals surface area (Å²) >= 11 is 0. The number of morpholine rings is 1. The zero-order valence-electron chi connectivity index (χ0n) is 14.7. The number of benzene rings is 2. The SMILES string of the molecule is CC(=O)Nc1ccc(/C=C/C(=O)N2CCOC(c3ccccc3)C2)cc1. The van der Waals surface area contributed by atoms with Crippen LogP contribution in [-0.2, 0) is 14.3 Å². The molecule has 2 aromatic carbocycles. The molecule has 2 aromatic rings. The number of nitrogens with zero attached hydrogens (tertiary/aromatic N) is 1. The van der Waals surface area contributed by atoms with E-state index in [2.05, 4.69) is 5.32 Å². The van der Waals surface area contributed by atoms with E-state index in [4.69, 9.17) is 4.74 Å². The van der Waals surface area contributed by atoms with Gasteiger partial charge in [-0.1, -0.05) is 42.5 Å². The van der Waals surface area contributed by atoms with Crippen molar-refractivity contribution < 1.29 is 14.3 Å². The van der Waals surface area contributed by atoms with Crippen molar-refractivity contribution in [2.45, 2.75) is 13.0 Å². The smallest absolute Gasteiger partial charge is 0.246 e. The largest absolute Gasteiger partial charge is 0.370 e. The van der Waals surface area contributed by atoms with Gasteiger partial charge in [-0.3, -0.25) is 9.59 Å². The quantitative estimate of drug-likeness (QED) is 0.861. The Labute approximate surface area is 153 Å². The lowest BCUT2D eigenvalue weighted by molar-refractivity contribution is -0.133. The molecule has 5 nitrogen and oxygen atoms in total. The van der Waals surface area contributed by atoms with Crippen molar-refractivity contribution in [2.75, 3.05) is 25.0 Å². The van der Waals surface area contributed by atoms with Crippen LogP contribution >= 0.6 is 0 Å². The number of hydrogen-bond donors (Lipinski definition) is 1. The molecule has 1 N–H and O–H groups in total. The first-order valence-electron chi connectivity index (χ1n) is 8.63. The number of carbonyl (C=O) groups excluding carboxylic acids is 2. The summed E-state index contributed by atoms with van der Waals surface area (Å²) in [5.74, 6) is -0.135. The Morgan fingerprint density at radius 2 is 1.85 bits per heavy atom. The molecule has 1 aliphatic rings. The summed E-state index contributed by atoms with van der Waals surface area (Å²) in [6.07, 6.45) is 3.28. The summed E-state index contributed by atoms with van der Waals surface area (Å²) in [6, 6.07) is 17.3. The Kier molecular flexibility index (Phi) is 5.81. The van der Waals surface area contributed by atoms with Gasteiger partial charge in [0, 0.05) is 25.2 Å². The van der Waals surface area contributed by atoms with Crippen molar-refractivity contribution in [3.05, 3.63) is 71.8 Å². The molecule has 0 saturated carbocycles. The molecule has 0 radical (unpaired) electrons. The van der Waals surface area contributed by atoms with E-state index in [0.717, 1.165) is 16.8 Å². The third kappa shape index (κ3) is 4.80. The maximum absolute atomic E-state index is 12.5. The van der Waals surface area contributed by atoms with E-state index < -0.39 is 0 Å². The molecule has 0 bridgehead atoms. The van der Waals surface area contributed by atoms with E-state index >= 15 is 0 Å². The van der Waals surface area contributed by atoms with Crippen molar-refractivity contribution in [1.82, 2.24) is 4.90 Å². The number of amides is 2. The van der Waals surface area contributed by atoms with Crippen molar-refractivity contribution in [1.29, 1.82) is 0 Å². The van der Waals surface area contributed by atoms with Crippen LogP contribution in [0.3, 0.4) is 0 Å². The first kappa shape index (κ1) is 17.9. The van der Waals surface area contributed by atoms with Crippen molar-refractivity contribution in [3.8, 4) is 0 Å². The van der Waals surface area contributed by atoms with Crippen LogP contribution in [0, 0.1) is 0 Å². The van der Waals surface area contributed by atoms with E-state index in [9.17, 15) is 9.59 Å². The highest BCUT2D eigenvalue weighted by Gasteiger charge is 2.23. The summed E-state index contributed by atoms with van der Waals surface area (Å²) in [6.45, 7) is 3.14. The van der Waals surface area contributed by atoms with Gasteiger partial charge in [0.15, 0.2) is 0 Å². The second-order valence-electron chi connectivity index (χ2n) is 6.19. The fraction of sp³-hybridized carbons (Fsp3) is 0.238. The van der Waals surface area contributed by atoms with Crippen LogP contribution in [0.15, 0.2) is 60.7 Å². The average molecular weight is 350 g/mol. The Hall–Kier alpha value is -2.92. The molecule has 1 saturated heterocycles. The summed E-state index contributed by atoms with van der Waals surface area (Å²) in [5.41, 5.74) is 2.72. The second kappa shape index (κ2) is 8.45. The van der Waals surface area contributed by atoms with E-state index in [1.54, 1.807) is 12.2 Å². The number of nitrogens with one attached hydrogen (secondary N) is 1. The average Bonchev–Trinajstić information content (AvgIpc) is 2.67. The lowest BCUT2D eigenvalue weighted by Crippen LogP contribution is -2.41. The summed E-state index contributed by atoms with van der Waals surface area (Å²) in [7, 11) is 0. The predicted octanol–water partition coefficient (Wildman–Crippen LogP) is 3.26. The second-order valence-corrected chi connectivity index (χ2v) is 6.19. The molecule has 1 aliphatic heterocycles. The molecule has 1 fully saturated rings. The van der Waals surface area contributed by atoms with E-state index in [1.807, 2.05) is 59.5 Å². The summed E-state index contributed by atoms with van der Waals surface area (Å²) < 4.78 is 5.80. The van der Waals surface area contributed by atoms with Gasteiger partial charge in [0.1, 0.15) is 6.10 Å². The van der Waals surface area contributed by atoms with Gasteiger partial charge in [-0.25, -0.2) is 0 Å². The van der Waals surface area contributed by atoms with Gasteiger partial charge < -0.3 is 15.0 Å². The topological polar surface area (TPSA) is 58.6 Å². The molecule has 1 unspecified atom stereocenters. The van der Waals surface area contributed by atoms with E-state index in [1.165, 1.54) is 6.92 Å². The minimum absolute atomic E-state index is 0.0276. The predicted molar refractivity (Wildman–Crippen MR) is 101 cm³/mol. The molecule has 3 rings (SSSR count). The number of hydrogen-bond acceptors (Lipinski definition) is 3. The van der Waals surface area contributed by atoms with E-state index in [0.29, 0.717) is 19.7 Å². The van der Waals surface area contributed by atoms with Gasteiger partial charge in [0.05, 0.1) is 13.2 Å². The van der Waals surface area contributed by atoms with Crippen molar-refractivity contribution >= 4 is 23.6 Å². The standard InChI is InChI=1S/C21H22N2O3/c1-16(24)22-19-10-7-17(8-11-19)9-12-21(25)23-13-14-26-20(15-23)18-5-3-2-4-6-18/h2-12,20H,13-15H2,1H3,(H,22,24)/b12-9+. The van der Waals surface area contributed by atoms with Gasteiger partial charge in [-0.2, -0.15) is 0 Å². The van der Waals surface area contributed by atoms with Crippen LogP contribution in [0.1, 0.15) is 24.2 Å². The molecular weight excluding hydrogens is 328 g/mol. The summed E-state index contributed by atoms with van der Waals surface area (Å²) in [5, 5.41) is 2.72. The number of carbonyl (C=O) groups is 2. The highest BCUT2D eigenvalue weighted by Crippen LogP contribution is 2.22. The van der Waals surface area contributed by atoms with Crippen LogP contribution < -0.4 is 5.32 Å². The molecule has 1 atom stereocenters. The van der Waals surface area contributed by atoms with E-state index in [-0.39, 0.29) is 17.9 Å². The van der Waals surface area contributed by atoms with Gasteiger partial charge >= 0.3 is 0 Å². The minimum atomic E-state index is -0.108. The van der Waals surface area contributed by atoms with Crippen LogP contribution in [0.2, 0.25) is 0 Å². The van der Waals surface area contributed by atoms with Gasteiger partial charge in [-0.15, -0.1) is 0 Å². The van der Waals surface area contributed by atoms with Crippen LogP contribution in [0.4, 0.5) is 5.69 Å². The monoisotopic (exact) mass is 350 g/mol. The lowest BCUT2D eigenvalue weighted by Gasteiger charge is -2.32. The molecule has 2 amide bonds. The summed E-state index contributed by atoms with van der Waals surface area (Å²) in [4.78, 5) is 25.3. The third-order valence-corrected chi connectivity index (χ3v) is 4.20. The molecule has 5 heteroatoms. The van der Waals surface area contributed by atoms with Crippen LogP contribution in [-0.4, -0.2) is 36.4 Å². The zero-order chi connectivity index (χ0) is 18.4. The Balaban J connectivity index is 1.60. The molecular formula is C21H22N2O3. The van der Waals surface area contributed by atoms with Crippen LogP contribution in [0.5, 0.6) is 0 Å². The number of rotatable bonds is 4. The molecule has 134 valence electrons. The Morgan fingerprint density at radius 1 is 1.12 bits per heavy atom. The minimum Gasteiger partial charge on any atom is -0.370 e. The zero-order valence-corrected chi connectivity index (χ0v) is 14.7. The van der Waals surface area contributed by atoms with Gasteiger partial charge in [-0.05, 0) is 29.3 Å². The first-order valence-corrected chi connectivity index (χ1v) is 8.63. The van der Waals surface area contributed by atoms with Gasteiger partial charge in [0.2, 0.25) is 11.8 Å². The fourth-order valence-electron chi connectivity index (χ4n) is 2.87. The Bertz CT molecular complexity index is 785. The molecule has 0 aliphatic carbocycles. The maximum atomic E-state index is 12.5. The molecule has 1 heterocycles. The lowest BCUT2D eigenvalue weighted by atomic mass is 10.1. The van der Waals surface area contributed by atoms with Crippen LogP contribution in [0.25, 0.3) is 6.08 Å². The highest BCUT2D eigenvalue weighted by molar-refractivity contribution is 5.92. The molecule has 0 aromatic heterocycles. The fourth-order valence-corrected chi connectivity index (χ4v) is 2.87. The highest BCUT2D eigenvalue weighted by atomic mass is 16.5. The molecule has 0 spiro atoms. The third-order valence-electron chi connectivity index (χ3n) is 4.20. The molecule has 26 heavy (non-hydrogen) atoms. The number of anilines is 1. The Morgan fingerprint density at radius 3 is 2.54 bits per heavy atom. The number of ether oxygens (including phenoxy) is 1.